The third-order valence-corrected chi connectivity index (χ3v) is 2.39. The molecule has 0 atom stereocenters. The summed E-state index contributed by atoms with van der Waals surface area (Å²) in [4.78, 5) is 17.3. The van der Waals surface area contributed by atoms with Gasteiger partial charge in [0.25, 0.3) is 0 Å². The van der Waals surface area contributed by atoms with Crippen molar-refractivity contribution in [2.75, 3.05) is 0 Å². The third-order valence-electron chi connectivity index (χ3n) is 1.16. The van der Waals surface area contributed by atoms with E-state index in [2.05, 4.69) is 0 Å². The van der Waals surface area contributed by atoms with E-state index in [1.165, 1.54) is 24.3 Å². The summed E-state index contributed by atoms with van der Waals surface area (Å²) in [5.74, 6) is 0. The lowest BCUT2D eigenvalue weighted by Crippen LogP contribution is -2.01. The molecule has 0 aromatic heterocycles. The van der Waals surface area contributed by atoms with Crippen LogP contribution in [0.2, 0.25) is 5.02 Å². The average Bonchev–Trinajstić information content (AvgIpc) is 1.86. The van der Waals surface area contributed by atoms with Gasteiger partial charge in [-0.15, -0.1) is 0 Å². The van der Waals surface area contributed by atoms with Crippen molar-refractivity contribution in [1.82, 2.24) is 0 Å². The van der Waals surface area contributed by atoms with Crippen LogP contribution in [0.1, 0.15) is 0 Å². The molecule has 0 aliphatic carbocycles. The van der Waals surface area contributed by atoms with Crippen LogP contribution in [0, 0.1) is 0 Å². The molecule has 1 aromatic rings. The van der Waals surface area contributed by atoms with Crippen molar-refractivity contribution in [3.63, 3.8) is 0 Å². The monoisotopic (exact) mass is 192 g/mol. The minimum absolute atomic E-state index is 0.0121. The topological polar surface area (TPSA) is 57.5 Å². The highest BCUT2D eigenvalue weighted by Gasteiger charge is 2.15. The fourth-order valence-electron chi connectivity index (χ4n) is 0.635. The maximum Gasteiger partial charge on any atom is 0.356 e. The van der Waals surface area contributed by atoms with Crippen LogP contribution in [0.4, 0.5) is 0 Å². The minimum atomic E-state index is -4.10. The van der Waals surface area contributed by atoms with E-state index in [0.29, 0.717) is 5.02 Å². The molecule has 0 bridgehead atoms. The van der Waals surface area contributed by atoms with Gasteiger partial charge in [0.1, 0.15) is 0 Å². The highest BCUT2D eigenvalue weighted by Crippen LogP contribution is 2.33. The second-order valence-corrected chi connectivity index (χ2v) is 4.06. The summed E-state index contributed by atoms with van der Waals surface area (Å²) in [5.41, 5.74) is 0. The first kappa shape index (κ1) is 8.75. The lowest BCUT2D eigenvalue weighted by Gasteiger charge is -2.01. The normalized spacial score (nSPS) is 11.5. The molecule has 0 saturated carbocycles. The first-order chi connectivity index (χ1) is 5.00. The van der Waals surface area contributed by atoms with Crippen LogP contribution in [0.5, 0.6) is 0 Å². The van der Waals surface area contributed by atoms with Crippen LogP contribution in [0.15, 0.2) is 24.3 Å². The Bertz CT molecular complexity index is 289. The molecule has 0 aliphatic heterocycles. The Morgan fingerprint density at radius 2 is 1.64 bits per heavy atom. The van der Waals surface area contributed by atoms with Gasteiger partial charge in [-0.25, -0.2) is 0 Å². The van der Waals surface area contributed by atoms with E-state index in [1.54, 1.807) is 0 Å². The van der Waals surface area contributed by atoms with Crippen LogP contribution in [-0.4, -0.2) is 9.79 Å². The van der Waals surface area contributed by atoms with Crippen molar-refractivity contribution in [2.24, 2.45) is 0 Å². The Balaban J connectivity index is 3.09. The fraction of sp³-hybridized carbons (Fsp3) is 0. The molecule has 0 amide bonds. The molecule has 1 rings (SSSR count). The number of hydrogen-bond donors (Lipinski definition) is 2. The van der Waals surface area contributed by atoms with Gasteiger partial charge in [0.15, 0.2) is 0 Å². The average molecular weight is 193 g/mol. The molecule has 1 aromatic carbocycles. The Kier molecular flexibility index (Phi) is 2.35. The molecule has 0 saturated heterocycles. The van der Waals surface area contributed by atoms with E-state index in [4.69, 9.17) is 21.4 Å². The highest BCUT2D eigenvalue weighted by molar-refractivity contribution is 7.60. The molecule has 0 unspecified atom stereocenters. The Morgan fingerprint density at radius 1 is 1.18 bits per heavy atom. The Hall–Kier alpha value is -0.340. The van der Waals surface area contributed by atoms with Crippen LogP contribution < -0.4 is 5.30 Å². The van der Waals surface area contributed by atoms with Crippen molar-refractivity contribution in [3.05, 3.63) is 29.3 Å². The number of halogens is 1. The van der Waals surface area contributed by atoms with Crippen LogP contribution in [0.3, 0.4) is 0 Å². The summed E-state index contributed by atoms with van der Waals surface area (Å²) in [5, 5.41) is 0.448. The summed E-state index contributed by atoms with van der Waals surface area (Å²) in [7, 11) is -4.10. The molecule has 0 heterocycles. The molecule has 0 fully saturated rings. The van der Waals surface area contributed by atoms with Gasteiger partial charge in [-0.3, -0.25) is 4.57 Å². The fourth-order valence-corrected chi connectivity index (χ4v) is 1.30. The minimum Gasteiger partial charge on any atom is -0.321 e. The lowest BCUT2D eigenvalue weighted by molar-refractivity contribution is 0.387. The van der Waals surface area contributed by atoms with Gasteiger partial charge in [0, 0.05) is 5.02 Å². The third kappa shape index (κ3) is 2.31. The van der Waals surface area contributed by atoms with Crippen molar-refractivity contribution < 1.29 is 14.4 Å². The van der Waals surface area contributed by atoms with Crippen LogP contribution in [0.25, 0.3) is 0 Å². The highest BCUT2D eigenvalue weighted by atomic mass is 35.5. The first-order valence-electron chi connectivity index (χ1n) is 2.82. The number of rotatable bonds is 1. The molecular formula is C6H6ClO3P. The first-order valence-corrected chi connectivity index (χ1v) is 4.81. The molecular weight excluding hydrogens is 186 g/mol. The number of benzene rings is 1. The predicted molar refractivity (Wildman–Crippen MR) is 43.1 cm³/mol. The summed E-state index contributed by atoms with van der Waals surface area (Å²) in [6.07, 6.45) is 0. The van der Waals surface area contributed by atoms with Gasteiger partial charge < -0.3 is 9.79 Å². The maximum atomic E-state index is 10.6. The van der Waals surface area contributed by atoms with Crippen molar-refractivity contribution >= 4 is 24.5 Å². The van der Waals surface area contributed by atoms with Gasteiger partial charge in [-0.2, -0.15) is 0 Å². The predicted octanol–water partition coefficient (Wildman–Crippen LogP) is 1.14. The van der Waals surface area contributed by atoms with E-state index in [-0.39, 0.29) is 5.30 Å². The van der Waals surface area contributed by atoms with Gasteiger partial charge in [0.2, 0.25) is 0 Å². The SMILES string of the molecule is O=P(O)(O)c1ccc(Cl)cc1. The smallest absolute Gasteiger partial charge is 0.321 e. The zero-order valence-electron chi connectivity index (χ0n) is 5.44. The van der Waals surface area contributed by atoms with Crippen LogP contribution >= 0.6 is 19.2 Å². The molecule has 60 valence electrons. The summed E-state index contributed by atoms with van der Waals surface area (Å²) < 4.78 is 10.6. The van der Waals surface area contributed by atoms with Gasteiger partial charge >= 0.3 is 7.60 Å². The molecule has 0 radical (unpaired) electrons. The van der Waals surface area contributed by atoms with Crippen LogP contribution in [-0.2, 0) is 4.57 Å². The number of hydrogen-bond acceptors (Lipinski definition) is 1. The largest absolute Gasteiger partial charge is 0.356 e. The molecule has 0 spiro atoms. The molecule has 2 N–H and O–H groups in total. The molecule has 0 aliphatic rings. The summed E-state index contributed by atoms with van der Waals surface area (Å²) in [6.45, 7) is 0. The zero-order chi connectivity index (χ0) is 8.48. The van der Waals surface area contributed by atoms with E-state index in [1.807, 2.05) is 0 Å². The van der Waals surface area contributed by atoms with E-state index in [0.717, 1.165) is 0 Å². The van der Waals surface area contributed by atoms with Crippen molar-refractivity contribution in [1.29, 1.82) is 0 Å². The maximum absolute atomic E-state index is 10.6. The molecule has 5 heteroatoms. The standard InChI is InChI=1S/C6H6ClO3P/c7-5-1-3-6(4-2-5)11(8,9)10/h1-4H,(H2,8,9,10). The zero-order valence-corrected chi connectivity index (χ0v) is 7.09. The van der Waals surface area contributed by atoms with Gasteiger partial charge in [-0.05, 0) is 24.3 Å². The van der Waals surface area contributed by atoms with Gasteiger partial charge in [-0.1, -0.05) is 11.6 Å². The Morgan fingerprint density at radius 3 is 2.00 bits per heavy atom. The van der Waals surface area contributed by atoms with E-state index < -0.39 is 7.60 Å². The lowest BCUT2D eigenvalue weighted by atomic mass is 10.4. The summed E-state index contributed by atoms with van der Waals surface area (Å²) in [6, 6.07) is 5.50. The Labute approximate surface area is 68.8 Å². The van der Waals surface area contributed by atoms with E-state index >= 15 is 0 Å². The van der Waals surface area contributed by atoms with E-state index in [9.17, 15) is 4.57 Å². The second-order valence-electron chi connectivity index (χ2n) is 2.02. The quantitative estimate of drug-likeness (QED) is 0.656. The molecule has 3 nitrogen and oxygen atoms in total. The van der Waals surface area contributed by atoms with Gasteiger partial charge in [0.05, 0.1) is 5.30 Å². The molecule has 11 heavy (non-hydrogen) atoms. The van der Waals surface area contributed by atoms with Crippen molar-refractivity contribution in [2.45, 2.75) is 0 Å². The van der Waals surface area contributed by atoms with Crippen molar-refractivity contribution in [3.8, 4) is 0 Å². The second kappa shape index (κ2) is 2.95. The summed E-state index contributed by atoms with van der Waals surface area (Å²) >= 11 is 5.51.